The van der Waals surface area contributed by atoms with Crippen molar-refractivity contribution in [2.75, 3.05) is 11.3 Å². The Labute approximate surface area is 192 Å². The number of halogens is 4. The Bertz CT molecular complexity index is 1230. The molecule has 0 heterocycles. The first-order chi connectivity index (χ1) is 15.9. The highest BCUT2D eigenvalue weighted by atomic mass is 32.2. The van der Waals surface area contributed by atoms with Crippen molar-refractivity contribution in [3.63, 3.8) is 0 Å². The van der Waals surface area contributed by atoms with Gasteiger partial charge in [-0.2, -0.15) is 0 Å². The second kappa shape index (κ2) is 10.1. The molecule has 3 N–H and O–H groups in total. The molecule has 0 fully saturated rings. The van der Waals surface area contributed by atoms with Gasteiger partial charge in [-0.25, -0.2) is 12.8 Å². The number of sulfonamides is 1. The average molecular weight is 498 g/mol. The molecule has 1 unspecified atom stereocenters. The van der Waals surface area contributed by atoms with Crippen LogP contribution in [0.5, 0.6) is 5.75 Å². The largest absolute Gasteiger partial charge is 0.573 e. The molecule has 0 aliphatic rings. The van der Waals surface area contributed by atoms with E-state index < -0.39 is 40.0 Å². The quantitative estimate of drug-likeness (QED) is 0.408. The van der Waals surface area contributed by atoms with Gasteiger partial charge in [0, 0.05) is 17.8 Å². The first-order valence-corrected chi connectivity index (χ1v) is 11.1. The zero-order chi connectivity index (χ0) is 24.9. The Morgan fingerprint density at radius 2 is 1.53 bits per heavy atom. The van der Waals surface area contributed by atoms with Crippen LogP contribution >= 0.6 is 0 Å². The molecule has 0 saturated heterocycles. The summed E-state index contributed by atoms with van der Waals surface area (Å²) in [6, 6.07) is 14.2. The van der Waals surface area contributed by atoms with Crippen molar-refractivity contribution in [2.45, 2.75) is 17.4 Å². The Morgan fingerprint density at radius 1 is 0.941 bits per heavy atom. The van der Waals surface area contributed by atoms with Crippen LogP contribution in [0.1, 0.15) is 22.0 Å². The Kier molecular flexibility index (Phi) is 7.42. The van der Waals surface area contributed by atoms with Crippen LogP contribution < -0.4 is 14.8 Å². The number of aliphatic hydroxyl groups is 1. The summed E-state index contributed by atoms with van der Waals surface area (Å²) < 4.78 is 80.3. The highest BCUT2D eigenvalue weighted by Crippen LogP contribution is 2.24. The molecule has 1 atom stereocenters. The zero-order valence-corrected chi connectivity index (χ0v) is 18.0. The van der Waals surface area contributed by atoms with E-state index in [0.29, 0.717) is 0 Å². The molecule has 3 aromatic carbocycles. The summed E-state index contributed by atoms with van der Waals surface area (Å²) >= 11 is 0. The van der Waals surface area contributed by atoms with Crippen molar-refractivity contribution in [2.24, 2.45) is 0 Å². The topological polar surface area (TPSA) is 105 Å². The highest BCUT2D eigenvalue weighted by Gasteiger charge is 2.31. The molecule has 0 bridgehead atoms. The van der Waals surface area contributed by atoms with E-state index in [1.165, 1.54) is 36.4 Å². The third kappa shape index (κ3) is 6.93. The predicted molar refractivity (Wildman–Crippen MR) is 114 cm³/mol. The van der Waals surface area contributed by atoms with Crippen molar-refractivity contribution in [3.05, 3.63) is 89.7 Å². The maximum atomic E-state index is 13.0. The van der Waals surface area contributed by atoms with Crippen molar-refractivity contribution >= 4 is 21.6 Å². The van der Waals surface area contributed by atoms with Gasteiger partial charge in [-0.1, -0.05) is 12.1 Å². The first kappa shape index (κ1) is 25.0. The van der Waals surface area contributed by atoms with Gasteiger partial charge in [0.1, 0.15) is 11.6 Å². The molecule has 0 aliphatic carbocycles. The van der Waals surface area contributed by atoms with Gasteiger partial charge in [-0.3, -0.25) is 9.52 Å². The minimum atomic E-state index is -4.83. The van der Waals surface area contributed by atoms with E-state index in [1.54, 1.807) is 0 Å². The molecule has 0 saturated carbocycles. The zero-order valence-electron chi connectivity index (χ0n) is 17.2. The molecule has 34 heavy (non-hydrogen) atoms. The Hall–Kier alpha value is -3.64. The summed E-state index contributed by atoms with van der Waals surface area (Å²) in [7, 11) is -3.95. The fourth-order valence-corrected chi connectivity index (χ4v) is 3.88. The van der Waals surface area contributed by atoms with Gasteiger partial charge in [0.15, 0.2) is 0 Å². The number of aliphatic hydroxyl groups excluding tert-OH is 1. The van der Waals surface area contributed by atoms with E-state index in [1.807, 2.05) is 0 Å². The molecule has 0 spiro atoms. The molecule has 3 aromatic rings. The lowest BCUT2D eigenvalue weighted by atomic mass is 10.1. The fourth-order valence-electron chi connectivity index (χ4n) is 2.82. The van der Waals surface area contributed by atoms with E-state index in [9.17, 15) is 35.9 Å². The van der Waals surface area contributed by atoms with Crippen LogP contribution in [0.15, 0.2) is 77.7 Å². The van der Waals surface area contributed by atoms with E-state index >= 15 is 0 Å². The smallest absolute Gasteiger partial charge is 0.406 e. The van der Waals surface area contributed by atoms with E-state index in [4.69, 9.17) is 0 Å². The second-order valence-electron chi connectivity index (χ2n) is 6.98. The summed E-state index contributed by atoms with van der Waals surface area (Å²) in [5.41, 5.74) is 0.605. The average Bonchev–Trinajstić information content (AvgIpc) is 2.77. The molecular formula is C22H18F4N2O5S. The number of benzene rings is 3. The van der Waals surface area contributed by atoms with Crippen LogP contribution in [0.2, 0.25) is 0 Å². The van der Waals surface area contributed by atoms with Gasteiger partial charge in [0.25, 0.3) is 15.9 Å². The lowest BCUT2D eigenvalue weighted by molar-refractivity contribution is -0.274. The van der Waals surface area contributed by atoms with Gasteiger partial charge in [-0.15, -0.1) is 13.2 Å². The lowest BCUT2D eigenvalue weighted by Crippen LogP contribution is -2.28. The van der Waals surface area contributed by atoms with E-state index in [-0.39, 0.29) is 28.3 Å². The molecule has 12 heteroatoms. The summed E-state index contributed by atoms with van der Waals surface area (Å²) in [5.74, 6) is -1.58. The summed E-state index contributed by atoms with van der Waals surface area (Å²) in [5, 5.41) is 12.6. The minimum Gasteiger partial charge on any atom is -0.406 e. The van der Waals surface area contributed by atoms with Crippen LogP contribution in [0.25, 0.3) is 0 Å². The molecule has 0 aromatic heterocycles. The van der Waals surface area contributed by atoms with Crippen molar-refractivity contribution in [3.8, 4) is 5.75 Å². The van der Waals surface area contributed by atoms with Gasteiger partial charge < -0.3 is 15.2 Å². The van der Waals surface area contributed by atoms with E-state index in [2.05, 4.69) is 14.8 Å². The first-order valence-electron chi connectivity index (χ1n) is 9.63. The summed E-state index contributed by atoms with van der Waals surface area (Å²) in [6.07, 6.45) is -6.02. The van der Waals surface area contributed by atoms with Crippen LogP contribution in [0.4, 0.5) is 23.2 Å². The number of carbonyl (C=O) groups excluding carboxylic acids is 1. The standard InChI is InChI=1S/C22H18F4N2O5S/c23-16-5-11-19(12-6-16)34(31,32)28-17-7-1-15(2-8-17)21(30)27-13-20(29)14-3-9-18(10-4-14)33-22(24,25)26/h1-12,20,28-29H,13H2,(H,27,30). The van der Waals surface area contributed by atoms with Crippen LogP contribution in [-0.2, 0) is 10.0 Å². The van der Waals surface area contributed by atoms with Crippen molar-refractivity contribution < 1.29 is 40.6 Å². The summed E-state index contributed by atoms with van der Waals surface area (Å²) in [6.45, 7) is -0.225. The van der Waals surface area contributed by atoms with Crippen LogP contribution in [0, 0.1) is 5.82 Å². The molecule has 1 amide bonds. The monoisotopic (exact) mass is 498 g/mol. The number of alkyl halides is 3. The van der Waals surface area contributed by atoms with Crippen molar-refractivity contribution in [1.82, 2.24) is 5.32 Å². The Balaban J connectivity index is 1.56. The third-order valence-electron chi connectivity index (χ3n) is 4.48. The number of amides is 1. The van der Waals surface area contributed by atoms with Crippen LogP contribution in [-0.4, -0.2) is 32.3 Å². The second-order valence-corrected chi connectivity index (χ2v) is 8.66. The predicted octanol–water partition coefficient (Wildman–Crippen LogP) is 3.99. The van der Waals surface area contributed by atoms with E-state index in [0.717, 1.165) is 36.4 Å². The summed E-state index contributed by atoms with van der Waals surface area (Å²) in [4.78, 5) is 12.2. The fraction of sp³-hybridized carbons (Fsp3) is 0.136. The normalized spacial score (nSPS) is 12.6. The molecule has 0 aliphatic heterocycles. The molecule has 7 nitrogen and oxygen atoms in total. The van der Waals surface area contributed by atoms with Crippen LogP contribution in [0.3, 0.4) is 0 Å². The maximum Gasteiger partial charge on any atom is 0.573 e. The van der Waals surface area contributed by atoms with Gasteiger partial charge in [0.05, 0.1) is 11.0 Å². The van der Waals surface area contributed by atoms with Gasteiger partial charge in [-0.05, 0) is 66.2 Å². The maximum absolute atomic E-state index is 13.0. The van der Waals surface area contributed by atoms with Gasteiger partial charge in [0.2, 0.25) is 0 Å². The number of rotatable bonds is 8. The Morgan fingerprint density at radius 3 is 2.09 bits per heavy atom. The number of ether oxygens (including phenoxy) is 1. The van der Waals surface area contributed by atoms with Crippen molar-refractivity contribution in [1.29, 1.82) is 0 Å². The number of hydrogen-bond donors (Lipinski definition) is 3. The number of nitrogens with one attached hydrogen (secondary N) is 2. The number of carbonyl (C=O) groups is 1. The molecule has 3 rings (SSSR count). The highest BCUT2D eigenvalue weighted by molar-refractivity contribution is 7.92. The third-order valence-corrected chi connectivity index (χ3v) is 5.87. The number of hydrogen-bond acceptors (Lipinski definition) is 5. The molecular weight excluding hydrogens is 480 g/mol. The molecule has 0 radical (unpaired) electrons. The van der Waals surface area contributed by atoms with Gasteiger partial charge >= 0.3 is 6.36 Å². The molecule has 180 valence electrons. The minimum absolute atomic E-state index is 0.136. The SMILES string of the molecule is O=C(NCC(O)c1ccc(OC(F)(F)F)cc1)c1ccc(NS(=O)(=O)c2ccc(F)cc2)cc1. The number of anilines is 1. The lowest BCUT2D eigenvalue weighted by Gasteiger charge is -2.14.